The predicted octanol–water partition coefficient (Wildman–Crippen LogP) is 3.37. The van der Waals surface area contributed by atoms with Gasteiger partial charge >= 0.3 is 5.97 Å². The highest BCUT2D eigenvalue weighted by atomic mass is 16.4. The van der Waals surface area contributed by atoms with Gasteiger partial charge in [-0.05, 0) is 16.6 Å². The minimum atomic E-state index is -0.771. The smallest absolute Gasteiger partial charge is 0.311 e. The Balaban J connectivity index is 2.39. The molecule has 0 saturated carbocycles. The van der Waals surface area contributed by atoms with Gasteiger partial charge in [-0.15, -0.1) is 0 Å². The number of allylic oxidation sites excluding steroid dienone is 3. The molecular weight excluding hydrogens is 212 g/mol. The lowest BCUT2D eigenvalue weighted by molar-refractivity contribution is -0.142. The Labute approximate surface area is 101 Å². The first kappa shape index (κ1) is 11.6. The molecule has 2 nitrogen and oxygen atoms in total. The van der Waals surface area contributed by atoms with Crippen molar-refractivity contribution in [1.82, 2.24) is 0 Å². The molecule has 17 heavy (non-hydrogen) atoms. The summed E-state index contributed by atoms with van der Waals surface area (Å²) in [6, 6.07) is 9.86. The van der Waals surface area contributed by atoms with Gasteiger partial charge in [-0.1, -0.05) is 62.4 Å². The van der Waals surface area contributed by atoms with Gasteiger partial charge in [0.25, 0.3) is 0 Å². The Kier molecular flexibility index (Phi) is 2.88. The molecule has 1 atom stereocenters. The maximum Gasteiger partial charge on any atom is 0.311 e. The minimum absolute atomic E-state index is 0.329. The predicted molar refractivity (Wildman–Crippen MR) is 68.5 cm³/mol. The van der Waals surface area contributed by atoms with Crippen molar-refractivity contribution in [2.75, 3.05) is 0 Å². The zero-order chi connectivity index (χ0) is 12.5. The number of carboxylic acids is 1. The first-order valence-electron chi connectivity index (χ1n) is 5.70. The zero-order valence-corrected chi connectivity index (χ0v) is 10.1. The van der Waals surface area contributed by atoms with Crippen molar-refractivity contribution >= 4 is 11.5 Å². The number of benzene rings is 1. The summed E-state index contributed by atoms with van der Waals surface area (Å²) in [4.78, 5) is 11.3. The van der Waals surface area contributed by atoms with E-state index in [1.165, 1.54) is 0 Å². The molecule has 1 aliphatic carbocycles. The van der Waals surface area contributed by atoms with Gasteiger partial charge in [0.1, 0.15) is 0 Å². The molecule has 0 saturated heterocycles. The van der Waals surface area contributed by atoms with E-state index < -0.39 is 11.9 Å². The van der Waals surface area contributed by atoms with Crippen LogP contribution in [0.5, 0.6) is 0 Å². The van der Waals surface area contributed by atoms with Crippen molar-refractivity contribution in [3.8, 4) is 0 Å². The summed E-state index contributed by atoms with van der Waals surface area (Å²) in [5, 5.41) is 9.26. The van der Waals surface area contributed by atoms with Gasteiger partial charge in [0.05, 0.1) is 5.92 Å². The molecule has 88 valence electrons. The van der Waals surface area contributed by atoms with Crippen LogP contribution in [0.25, 0.3) is 5.57 Å². The number of carboxylic acid groups (broad SMARTS) is 1. The van der Waals surface area contributed by atoms with Gasteiger partial charge in [-0.2, -0.15) is 0 Å². The average Bonchev–Trinajstić information content (AvgIpc) is 2.29. The van der Waals surface area contributed by atoms with Crippen LogP contribution in [-0.4, -0.2) is 11.1 Å². The summed E-state index contributed by atoms with van der Waals surface area (Å²) in [6.07, 6.45) is 5.83. The standard InChI is InChI=1S/C15H16O2/c1-15(2)9-8-12(10-13(15)14(16)17)11-6-4-3-5-7-11/h3-10,13H,1-2H3,(H,16,17). The van der Waals surface area contributed by atoms with Crippen molar-refractivity contribution in [3.05, 3.63) is 54.1 Å². The lowest BCUT2D eigenvalue weighted by atomic mass is 9.74. The van der Waals surface area contributed by atoms with E-state index in [0.29, 0.717) is 0 Å². The molecule has 0 aliphatic heterocycles. The number of rotatable bonds is 2. The summed E-state index contributed by atoms with van der Waals surface area (Å²) in [7, 11) is 0. The fourth-order valence-corrected chi connectivity index (χ4v) is 2.07. The third-order valence-corrected chi connectivity index (χ3v) is 3.21. The molecule has 0 spiro atoms. The molecule has 1 aromatic carbocycles. The Morgan fingerprint density at radius 3 is 2.47 bits per heavy atom. The van der Waals surface area contributed by atoms with Crippen LogP contribution in [0.4, 0.5) is 0 Å². The first-order valence-corrected chi connectivity index (χ1v) is 5.70. The molecule has 0 radical (unpaired) electrons. The quantitative estimate of drug-likeness (QED) is 0.842. The van der Waals surface area contributed by atoms with Crippen LogP contribution in [0.2, 0.25) is 0 Å². The third kappa shape index (κ3) is 2.31. The summed E-state index contributed by atoms with van der Waals surface area (Å²) >= 11 is 0. The van der Waals surface area contributed by atoms with E-state index in [-0.39, 0.29) is 5.41 Å². The van der Waals surface area contributed by atoms with Crippen LogP contribution in [0.3, 0.4) is 0 Å². The maximum absolute atomic E-state index is 11.3. The fourth-order valence-electron chi connectivity index (χ4n) is 2.07. The molecule has 2 heteroatoms. The zero-order valence-electron chi connectivity index (χ0n) is 10.1. The summed E-state index contributed by atoms with van der Waals surface area (Å²) in [6.45, 7) is 3.89. The largest absolute Gasteiger partial charge is 0.481 e. The molecule has 0 heterocycles. The van der Waals surface area contributed by atoms with Crippen molar-refractivity contribution in [2.45, 2.75) is 13.8 Å². The first-order chi connectivity index (χ1) is 8.00. The van der Waals surface area contributed by atoms with Crippen molar-refractivity contribution in [3.63, 3.8) is 0 Å². The average molecular weight is 228 g/mol. The Hall–Kier alpha value is -1.83. The molecular formula is C15H16O2. The second kappa shape index (κ2) is 4.21. The highest BCUT2D eigenvalue weighted by molar-refractivity contribution is 5.83. The monoisotopic (exact) mass is 228 g/mol. The molecule has 1 N–H and O–H groups in total. The van der Waals surface area contributed by atoms with Crippen LogP contribution in [0.1, 0.15) is 19.4 Å². The van der Waals surface area contributed by atoms with E-state index in [2.05, 4.69) is 0 Å². The number of hydrogen-bond donors (Lipinski definition) is 1. The molecule has 0 amide bonds. The summed E-state index contributed by atoms with van der Waals surface area (Å²) in [5.41, 5.74) is 1.72. The Morgan fingerprint density at radius 2 is 1.88 bits per heavy atom. The van der Waals surface area contributed by atoms with Crippen LogP contribution in [0, 0.1) is 11.3 Å². The molecule has 2 rings (SSSR count). The van der Waals surface area contributed by atoms with E-state index in [1.807, 2.05) is 62.4 Å². The van der Waals surface area contributed by atoms with Crippen LogP contribution in [0.15, 0.2) is 48.6 Å². The SMILES string of the molecule is CC1(C)C=CC(c2ccccc2)=CC1C(=O)O. The van der Waals surface area contributed by atoms with Gasteiger partial charge in [-0.25, -0.2) is 0 Å². The van der Waals surface area contributed by atoms with Gasteiger partial charge in [-0.3, -0.25) is 4.79 Å². The number of hydrogen-bond acceptors (Lipinski definition) is 1. The molecule has 0 fully saturated rings. The van der Waals surface area contributed by atoms with Gasteiger partial charge in [0.15, 0.2) is 0 Å². The van der Waals surface area contributed by atoms with Gasteiger partial charge < -0.3 is 5.11 Å². The lowest BCUT2D eigenvalue weighted by Gasteiger charge is -2.30. The maximum atomic E-state index is 11.3. The number of carbonyl (C=O) groups is 1. The molecule has 0 bridgehead atoms. The third-order valence-electron chi connectivity index (χ3n) is 3.21. The van der Waals surface area contributed by atoms with Crippen LogP contribution < -0.4 is 0 Å². The molecule has 0 aromatic heterocycles. The highest BCUT2D eigenvalue weighted by Gasteiger charge is 2.33. The van der Waals surface area contributed by atoms with Crippen molar-refractivity contribution in [2.24, 2.45) is 11.3 Å². The fraction of sp³-hybridized carbons (Fsp3) is 0.267. The van der Waals surface area contributed by atoms with Crippen LogP contribution in [-0.2, 0) is 4.79 Å². The van der Waals surface area contributed by atoms with Gasteiger partial charge in [0.2, 0.25) is 0 Å². The lowest BCUT2D eigenvalue weighted by Crippen LogP contribution is -2.29. The molecule has 1 aromatic rings. The van der Waals surface area contributed by atoms with E-state index in [0.717, 1.165) is 11.1 Å². The normalized spacial score (nSPS) is 22.0. The van der Waals surface area contributed by atoms with Crippen molar-refractivity contribution in [1.29, 1.82) is 0 Å². The van der Waals surface area contributed by atoms with E-state index in [1.54, 1.807) is 0 Å². The topological polar surface area (TPSA) is 37.3 Å². The second-order valence-corrected chi connectivity index (χ2v) is 4.96. The van der Waals surface area contributed by atoms with E-state index in [4.69, 9.17) is 0 Å². The Bertz CT molecular complexity index is 481. The Morgan fingerprint density at radius 1 is 1.24 bits per heavy atom. The van der Waals surface area contributed by atoms with E-state index >= 15 is 0 Å². The highest BCUT2D eigenvalue weighted by Crippen LogP contribution is 2.37. The van der Waals surface area contributed by atoms with Crippen LogP contribution >= 0.6 is 0 Å². The molecule has 1 unspecified atom stereocenters. The summed E-state index contributed by atoms with van der Waals surface area (Å²) in [5.74, 6) is -1.24. The molecule has 1 aliphatic rings. The second-order valence-electron chi connectivity index (χ2n) is 4.96. The minimum Gasteiger partial charge on any atom is -0.481 e. The number of aliphatic carboxylic acids is 1. The van der Waals surface area contributed by atoms with Crippen molar-refractivity contribution < 1.29 is 9.90 Å². The van der Waals surface area contributed by atoms with Gasteiger partial charge in [0, 0.05) is 0 Å². The van der Waals surface area contributed by atoms with E-state index in [9.17, 15) is 9.90 Å². The summed E-state index contributed by atoms with van der Waals surface area (Å²) < 4.78 is 0.